The lowest BCUT2D eigenvalue weighted by Gasteiger charge is -1.99. The average molecular weight is 210 g/mol. The summed E-state index contributed by atoms with van der Waals surface area (Å²) in [5.74, 6) is 0.589. The largest absolute Gasteiger partial charge is 0.311 e. The van der Waals surface area contributed by atoms with E-state index < -0.39 is 0 Å². The summed E-state index contributed by atoms with van der Waals surface area (Å²) < 4.78 is 0. The van der Waals surface area contributed by atoms with Gasteiger partial charge in [-0.05, 0) is 0 Å². The molecule has 6 heteroatoms. The van der Waals surface area contributed by atoms with Crippen molar-refractivity contribution >= 4 is 23.6 Å². The third-order valence-electron chi connectivity index (χ3n) is 1.75. The van der Waals surface area contributed by atoms with Crippen molar-refractivity contribution in [3.05, 3.63) is 6.20 Å². The third kappa shape index (κ3) is 3.41. The number of rotatable bonds is 4. The molecule has 82 valence electrons. The van der Waals surface area contributed by atoms with E-state index in [0.29, 0.717) is 24.6 Å². The van der Waals surface area contributed by atoms with Crippen molar-refractivity contribution in [1.82, 2.24) is 9.97 Å². The van der Waals surface area contributed by atoms with Crippen LogP contribution in [0, 0.1) is 0 Å². The number of hydrogen-bond donors (Lipinski definition) is 3. The minimum Gasteiger partial charge on any atom is -0.311 e. The van der Waals surface area contributed by atoms with E-state index in [2.05, 4.69) is 20.6 Å². The number of nitrogens with one attached hydrogen (secondary N) is 3. The van der Waals surface area contributed by atoms with Crippen molar-refractivity contribution in [2.45, 2.75) is 26.7 Å². The van der Waals surface area contributed by atoms with Gasteiger partial charge in [0.2, 0.25) is 17.8 Å². The molecule has 0 aliphatic heterocycles. The van der Waals surface area contributed by atoms with Crippen LogP contribution >= 0.6 is 0 Å². The highest BCUT2D eigenvalue weighted by Crippen LogP contribution is 2.07. The lowest BCUT2D eigenvalue weighted by molar-refractivity contribution is -0.116. The number of anilines is 2. The Bertz CT molecular complexity index is 326. The second kappa shape index (κ2) is 5.14. The van der Waals surface area contributed by atoms with E-state index in [1.54, 1.807) is 13.8 Å². The van der Waals surface area contributed by atoms with Crippen molar-refractivity contribution in [3.8, 4) is 0 Å². The van der Waals surface area contributed by atoms with Gasteiger partial charge in [0.25, 0.3) is 0 Å². The molecular weight excluding hydrogens is 196 g/mol. The summed E-state index contributed by atoms with van der Waals surface area (Å²) in [6.07, 6.45) is 2.24. The summed E-state index contributed by atoms with van der Waals surface area (Å²) in [6.45, 7) is 3.50. The van der Waals surface area contributed by atoms with Crippen LogP contribution in [0.2, 0.25) is 0 Å². The zero-order valence-electron chi connectivity index (χ0n) is 8.76. The highest BCUT2D eigenvalue weighted by molar-refractivity contribution is 5.91. The van der Waals surface area contributed by atoms with Gasteiger partial charge in [-0.3, -0.25) is 14.9 Å². The molecule has 15 heavy (non-hydrogen) atoms. The summed E-state index contributed by atoms with van der Waals surface area (Å²) in [7, 11) is 0. The van der Waals surface area contributed by atoms with Crippen molar-refractivity contribution in [2.75, 3.05) is 10.6 Å². The first kappa shape index (κ1) is 11.2. The summed E-state index contributed by atoms with van der Waals surface area (Å²) in [4.78, 5) is 28.7. The fourth-order valence-electron chi connectivity index (χ4n) is 0.907. The van der Waals surface area contributed by atoms with Crippen LogP contribution in [0.3, 0.4) is 0 Å². The maximum Gasteiger partial charge on any atom is 0.226 e. The molecule has 0 fully saturated rings. The normalized spacial score (nSPS) is 9.73. The maximum atomic E-state index is 11.0. The predicted molar refractivity (Wildman–Crippen MR) is 56.4 cm³/mol. The number of hydrogen-bond acceptors (Lipinski definition) is 3. The Labute approximate surface area is 87.5 Å². The zero-order valence-corrected chi connectivity index (χ0v) is 8.76. The van der Waals surface area contributed by atoms with Gasteiger partial charge in [0.1, 0.15) is 5.82 Å². The van der Waals surface area contributed by atoms with Gasteiger partial charge in [0.05, 0.1) is 6.20 Å². The number of aromatic amines is 1. The molecule has 0 spiro atoms. The van der Waals surface area contributed by atoms with E-state index in [4.69, 9.17) is 0 Å². The summed E-state index contributed by atoms with van der Waals surface area (Å²) in [6, 6.07) is 0. The molecule has 0 aliphatic rings. The van der Waals surface area contributed by atoms with Crippen LogP contribution in [0.25, 0.3) is 0 Å². The van der Waals surface area contributed by atoms with E-state index >= 15 is 0 Å². The lowest BCUT2D eigenvalue weighted by atomic mass is 10.4. The van der Waals surface area contributed by atoms with Gasteiger partial charge in [-0.1, -0.05) is 13.8 Å². The Morgan fingerprint density at radius 1 is 1.27 bits per heavy atom. The highest BCUT2D eigenvalue weighted by Gasteiger charge is 2.05. The summed E-state index contributed by atoms with van der Waals surface area (Å²) >= 11 is 0. The van der Waals surface area contributed by atoms with Gasteiger partial charge >= 0.3 is 0 Å². The Kier molecular flexibility index (Phi) is 3.84. The predicted octanol–water partition coefficient (Wildman–Crippen LogP) is 1.11. The molecule has 0 aromatic carbocycles. The van der Waals surface area contributed by atoms with Crippen LogP contribution in [0.5, 0.6) is 0 Å². The van der Waals surface area contributed by atoms with Gasteiger partial charge in [-0.25, -0.2) is 4.98 Å². The first-order valence-corrected chi connectivity index (χ1v) is 4.80. The molecule has 3 N–H and O–H groups in total. The van der Waals surface area contributed by atoms with Gasteiger partial charge in [0, 0.05) is 12.8 Å². The smallest absolute Gasteiger partial charge is 0.226 e. The molecule has 0 radical (unpaired) electrons. The summed E-state index contributed by atoms with van der Waals surface area (Å²) in [5.41, 5.74) is 0. The highest BCUT2D eigenvalue weighted by atomic mass is 16.2. The molecular formula is C9H14N4O2. The lowest BCUT2D eigenvalue weighted by Crippen LogP contribution is -2.11. The quantitative estimate of drug-likeness (QED) is 0.695. The number of amides is 2. The van der Waals surface area contributed by atoms with Gasteiger partial charge < -0.3 is 10.3 Å². The molecule has 1 aromatic heterocycles. The number of nitrogens with zero attached hydrogens (tertiary/aromatic N) is 1. The molecule has 6 nitrogen and oxygen atoms in total. The Morgan fingerprint density at radius 2 is 1.87 bits per heavy atom. The fraction of sp³-hybridized carbons (Fsp3) is 0.444. The maximum absolute atomic E-state index is 11.0. The Balaban J connectivity index is 2.56. The number of carbonyl (C=O) groups excluding carboxylic acids is 2. The number of aromatic nitrogens is 2. The van der Waals surface area contributed by atoms with Crippen molar-refractivity contribution in [2.24, 2.45) is 0 Å². The van der Waals surface area contributed by atoms with Crippen LogP contribution < -0.4 is 10.6 Å². The molecule has 0 atom stereocenters. The van der Waals surface area contributed by atoms with Gasteiger partial charge in [-0.15, -0.1) is 0 Å². The standard InChI is InChI=1S/C9H14N4O2/c1-3-7(14)11-6-5-10-9(12-6)13-8(15)4-2/h5H,3-4H2,1-2H3,(H,11,14)(H2,10,12,13,15). The molecule has 1 aromatic rings. The van der Waals surface area contributed by atoms with Crippen LogP contribution in [-0.4, -0.2) is 21.8 Å². The average Bonchev–Trinajstić information content (AvgIpc) is 2.65. The molecule has 0 aliphatic carbocycles. The van der Waals surface area contributed by atoms with Crippen LogP contribution in [0.15, 0.2) is 6.20 Å². The zero-order chi connectivity index (χ0) is 11.3. The van der Waals surface area contributed by atoms with E-state index in [9.17, 15) is 9.59 Å². The van der Waals surface area contributed by atoms with E-state index in [0.717, 1.165) is 0 Å². The van der Waals surface area contributed by atoms with E-state index in [1.807, 2.05) is 0 Å². The van der Waals surface area contributed by atoms with Crippen LogP contribution in [0.4, 0.5) is 11.8 Å². The minimum absolute atomic E-state index is 0.105. The fourth-order valence-corrected chi connectivity index (χ4v) is 0.907. The molecule has 2 amide bonds. The SMILES string of the molecule is CCC(=O)Nc1cnc(NC(=O)CC)[nH]1. The monoisotopic (exact) mass is 210 g/mol. The topological polar surface area (TPSA) is 86.9 Å². The number of carbonyl (C=O) groups is 2. The van der Waals surface area contributed by atoms with Gasteiger partial charge in [0.15, 0.2) is 0 Å². The molecule has 0 saturated heterocycles. The van der Waals surface area contributed by atoms with Crippen molar-refractivity contribution in [1.29, 1.82) is 0 Å². The summed E-state index contributed by atoms with van der Waals surface area (Å²) in [5, 5.41) is 5.14. The third-order valence-corrected chi connectivity index (χ3v) is 1.75. The first-order chi connectivity index (χ1) is 7.15. The minimum atomic E-state index is -0.127. The Morgan fingerprint density at radius 3 is 2.47 bits per heavy atom. The molecule has 0 bridgehead atoms. The van der Waals surface area contributed by atoms with Crippen molar-refractivity contribution < 1.29 is 9.59 Å². The second-order valence-electron chi connectivity index (χ2n) is 2.95. The van der Waals surface area contributed by atoms with Crippen LogP contribution in [-0.2, 0) is 9.59 Å². The molecule has 1 rings (SSSR count). The number of H-pyrrole nitrogens is 1. The Hall–Kier alpha value is -1.85. The van der Waals surface area contributed by atoms with Crippen molar-refractivity contribution in [3.63, 3.8) is 0 Å². The second-order valence-corrected chi connectivity index (χ2v) is 2.95. The van der Waals surface area contributed by atoms with E-state index in [1.165, 1.54) is 6.20 Å². The van der Waals surface area contributed by atoms with Gasteiger partial charge in [-0.2, -0.15) is 0 Å². The molecule has 0 saturated carbocycles. The van der Waals surface area contributed by atoms with E-state index in [-0.39, 0.29) is 11.8 Å². The molecule has 1 heterocycles. The first-order valence-electron chi connectivity index (χ1n) is 4.80. The van der Waals surface area contributed by atoms with Crippen LogP contribution in [0.1, 0.15) is 26.7 Å². The molecule has 0 unspecified atom stereocenters. The number of imidazole rings is 1.